The molecule has 2 aromatic carbocycles. The minimum Gasteiger partial charge on any atom is -0.496 e. The quantitative estimate of drug-likeness (QED) is 0.794. The summed E-state index contributed by atoms with van der Waals surface area (Å²) in [6.07, 6.45) is 0. The lowest BCUT2D eigenvalue weighted by Gasteiger charge is -2.22. The highest BCUT2D eigenvalue weighted by molar-refractivity contribution is 9.10. The Morgan fingerprint density at radius 2 is 1.92 bits per heavy atom. The lowest BCUT2D eigenvalue weighted by Crippen LogP contribution is -3.12. The van der Waals surface area contributed by atoms with Gasteiger partial charge in [-0.25, -0.2) is 0 Å². The van der Waals surface area contributed by atoms with Crippen LogP contribution in [0.15, 0.2) is 46.9 Å². The molecule has 0 aliphatic rings. The van der Waals surface area contributed by atoms with E-state index in [4.69, 9.17) is 4.74 Å². The van der Waals surface area contributed by atoms with Crippen molar-refractivity contribution in [2.24, 2.45) is 0 Å². The molecule has 24 heavy (non-hydrogen) atoms. The number of anilines is 1. The lowest BCUT2D eigenvalue weighted by molar-refractivity contribution is -0.907. The fourth-order valence-electron chi connectivity index (χ4n) is 2.51. The van der Waals surface area contributed by atoms with Crippen LogP contribution in [0.3, 0.4) is 0 Å². The second-order valence-corrected chi connectivity index (χ2v) is 6.97. The van der Waals surface area contributed by atoms with E-state index >= 15 is 0 Å². The predicted molar refractivity (Wildman–Crippen MR) is 101 cm³/mol. The second-order valence-electron chi connectivity index (χ2n) is 6.06. The number of carbonyl (C=O) groups excluding carboxylic acids is 1. The Morgan fingerprint density at radius 3 is 2.54 bits per heavy atom. The van der Waals surface area contributed by atoms with E-state index in [1.165, 1.54) is 5.56 Å². The average Bonchev–Trinajstić information content (AvgIpc) is 2.56. The van der Waals surface area contributed by atoms with Gasteiger partial charge in [0.15, 0.2) is 6.04 Å². The first-order valence-electron chi connectivity index (χ1n) is 7.93. The van der Waals surface area contributed by atoms with Crippen LogP contribution in [0.1, 0.15) is 18.1 Å². The van der Waals surface area contributed by atoms with Crippen molar-refractivity contribution in [1.29, 1.82) is 0 Å². The van der Waals surface area contributed by atoms with Crippen molar-refractivity contribution in [3.63, 3.8) is 0 Å². The Balaban J connectivity index is 2.03. The lowest BCUT2D eigenvalue weighted by atomic mass is 10.1. The molecule has 128 valence electrons. The highest BCUT2D eigenvalue weighted by Crippen LogP contribution is 2.18. The van der Waals surface area contributed by atoms with Crippen LogP contribution in [0.25, 0.3) is 0 Å². The summed E-state index contributed by atoms with van der Waals surface area (Å²) >= 11 is 3.39. The largest absolute Gasteiger partial charge is 0.496 e. The van der Waals surface area contributed by atoms with Crippen LogP contribution in [-0.2, 0) is 11.3 Å². The van der Waals surface area contributed by atoms with Gasteiger partial charge in [-0.1, -0.05) is 27.6 Å². The molecular weight excluding hydrogens is 368 g/mol. The van der Waals surface area contributed by atoms with Crippen LogP contribution in [0.4, 0.5) is 5.69 Å². The van der Waals surface area contributed by atoms with Gasteiger partial charge >= 0.3 is 0 Å². The van der Waals surface area contributed by atoms with Gasteiger partial charge in [0.1, 0.15) is 12.3 Å². The molecule has 0 aromatic heterocycles. The second kappa shape index (κ2) is 8.31. The number of hydrogen-bond acceptors (Lipinski definition) is 2. The molecule has 1 amide bonds. The monoisotopic (exact) mass is 391 g/mol. The molecule has 0 saturated carbocycles. The van der Waals surface area contributed by atoms with Gasteiger partial charge in [0.25, 0.3) is 5.91 Å². The maximum absolute atomic E-state index is 12.5. The number of benzene rings is 2. The van der Waals surface area contributed by atoms with Gasteiger partial charge in [-0.2, -0.15) is 0 Å². The van der Waals surface area contributed by atoms with E-state index in [1.54, 1.807) is 7.11 Å². The Kier molecular flexibility index (Phi) is 6.40. The summed E-state index contributed by atoms with van der Waals surface area (Å²) < 4.78 is 6.42. The van der Waals surface area contributed by atoms with Crippen LogP contribution in [0.5, 0.6) is 5.75 Å². The number of rotatable bonds is 6. The smallest absolute Gasteiger partial charge is 0.282 e. The number of nitrogens with one attached hydrogen (secondary N) is 2. The molecule has 1 unspecified atom stereocenters. The molecule has 0 aliphatic heterocycles. The first-order valence-corrected chi connectivity index (χ1v) is 8.72. The predicted octanol–water partition coefficient (Wildman–Crippen LogP) is 2.81. The zero-order valence-corrected chi connectivity index (χ0v) is 16.1. The van der Waals surface area contributed by atoms with E-state index in [0.717, 1.165) is 32.9 Å². The average molecular weight is 392 g/mol. The van der Waals surface area contributed by atoms with Crippen LogP contribution in [0, 0.1) is 6.92 Å². The minimum atomic E-state index is -0.182. The van der Waals surface area contributed by atoms with Gasteiger partial charge in [-0.05, 0) is 50.2 Å². The van der Waals surface area contributed by atoms with E-state index in [-0.39, 0.29) is 11.9 Å². The fourth-order valence-corrected chi connectivity index (χ4v) is 2.77. The molecule has 0 bridgehead atoms. The molecule has 2 aromatic rings. The van der Waals surface area contributed by atoms with Crippen LogP contribution >= 0.6 is 15.9 Å². The van der Waals surface area contributed by atoms with Crippen molar-refractivity contribution in [3.05, 3.63) is 58.1 Å². The standard InChI is InChI=1S/C19H23BrN2O2/c1-13-5-10-18(24-4)15(11-13)12-22(3)14(2)19(23)21-17-8-6-16(20)7-9-17/h5-11,14H,12H2,1-4H3,(H,21,23)/p+1/t14-/m0/s1. The summed E-state index contributed by atoms with van der Waals surface area (Å²) in [5, 5.41) is 2.96. The normalized spacial score (nSPS) is 13.2. The van der Waals surface area contributed by atoms with Gasteiger partial charge in [-0.3, -0.25) is 4.79 Å². The van der Waals surface area contributed by atoms with Crippen molar-refractivity contribution in [1.82, 2.24) is 0 Å². The zero-order valence-electron chi connectivity index (χ0n) is 14.5. The Labute approximate surface area is 151 Å². The third-order valence-electron chi connectivity index (χ3n) is 4.15. The van der Waals surface area contributed by atoms with Crippen molar-refractivity contribution in [2.45, 2.75) is 26.4 Å². The van der Waals surface area contributed by atoms with E-state index < -0.39 is 0 Å². The van der Waals surface area contributed by atoms with Crippen molar-refractivity contribution in [2.75, 3.05) is 19.5 Å². The summed E-state index contributed by atoms with van der Waals surface area (Å²) in [5.41, 5.74) is 3.10. The molecular formula is C19H24BrN2O2+. The molecule has 0 radical (unpaired) electrons. The number of likely N-dealkylation sites (N-methyl/N-ethyl adjacent to an activating group) is 1. The van der Waals surface area contributed by atoms with Crippen molar-refractivity contribution >= 4 is 27.5 Å². The van der Waals surface area contributed by atoms with E-state index in [0.29, 0.717) is 0 Å². The van der Waals surface area contributed by atoms with Crippen LogP contribution < -0.4 is 15.0 Å². The summed E-state index contributed by atoms with van der Waals surface area (Å²) in [7, 11) is 3.70. The van der Waals surface area contributed by atoms with Gasteiger partial charge in [0, 0.05) is 15.7 Å². The Bertz CT molecular complexity index is 701. The summed E-state index contributed by atoms with van der Waals surface area (Å²) in [4.78, 5) is 13.6. The van der Waals surface area contributed by atoms with Crippen LogP contribution in [-0.4, -0.2) is 26.1 Å². The Morgan fingerprint density at radius 1 is 1.25 bits per heavy atom. The van der Waals surface area contributed by atoms with Crippen molar-refractivity contribution < 1.29 is 14.4 Å². The SMILES string of the molecule is COc1ccc(C)cc1C[NH+](C)[C@@H](C)C(=O)Nc1ccc(Br)cc1. The number of hydrogen-bond donors (Lipinski definition) is 2. The first-order chi connectivity index (χ1) is 11.4. The van der Waals surface area contributed by atoms with Gasteiger partial charge in [0.05, 0.1) is 14.2 Å². The molecule has 5 heteroatoms. The topological polar surface area (TPSA) is 42.8 Å². The van der Waals surface area contributed by atoms with Gasteiger partial charge < -0.3 is 15.0 Å². The van der Waals surface area contributed by atoms with Crippen molar-refractivity contribution in [3.8, 4) is 5.75 Å². The molecule has 0 aliphatic carbocycles. The minimum absolute atomic E-state index is 0.00134. The first kappa shape index (κ1) is 18.5. The van der Waals surface area contributed by atoms with Gasteiger partial charge in [-0.15, -0.1) is 0 Å². The number of carbonyl (C=O) groups is 1. The molecule has 2 N–H and O–H groups in total. The summed E-state index contributed by atoms with van der Waals surface area (Å²) in [6.45, 7) is 4.72. The number of aryl methyl sites for hydroxylation is 1. The fraction of sp³-hybridized carbons (Fsp3) is 0.316. The number of quaternary nitrogens is 1. The molecule has 0 saturated heterocycles. The molecule has 0 fully saturated rings. The van der Waals surface area contributed by atoms with E-state index in [2.05, 4.69) is 34.2 Å². The molecule has 0 spiro atoms. The maximum atomic E-state index is 12.5. The molecule has 2 rings (SSSR count). The highest BCUT2D eigenvalue weighted by atomic mass is 79.9. The molecule has 2 atom stereocenters. The number of halogens is 1. The maximum Gasteiger partial charge on any atom is 0.282 e. The highest BCUT2D eigenvalue weighted by Gasteiger charge is 2.23. The zero-order chi connectivity index (χ0) is 17.7. The number of ether oxygens (including phenoxy) is 1. The van der Waals surface area contributed by atoms with E-state index in [9.17, 15) is 4.79 Å². The van der Waals surface area contributed by atoms with Gasteiger partial charge in [0.2, 0.25) is 0 Å². The number of methoxy groups -OCH3 is 1. The summed E-state index contributed by atoms with van der Waals surface area (Å²) in [5.74, 6) is 0.863. The third-order valence-corrected chi connectivity index (χ3v) is 4.68. The number of amides is 1. The summed E-state index contributed by atoms with van der Waals surface area (Å²) in [6, 6.07) is 13.5. The van der Waals surface area contributed by atoms with E-state index in [1.807, 2.05) is 50.4 Å². The molecule has 4 nitrogen and oxygen atoms in total. The van der Waals surface area contributed by atoms with Crippen LogP contribution in [0.2, 0.25) is 0 Å². The molecule has 0 heterocycles. The third kappa shape index (κ3) is 4.82. The Hall–Kier alpha value is -1.85.